The van der Waals surface area contributed by atoms with E-state index < -0.39 is 10.0 Å². The van der Waals surface area contributed by atoms with Crippen molar-refractivity contribution in [1.29, 1.82) is 0 Å². The molecule has 1 aliphatic rings. The lowest BCUT2D eigenvalue weighted by Gasteiger charge is -2.12. The zero-order valence-corrected chi connectivity index (χ0v) is 13.0. The highest BCUT2D eigenvalue weighted by Gasteiger charge is 2.46. The molecule has 2 rings (SSSR count). The Bertz CT molecular complexity index is 678. The number of nitrogens with one attached hydrogen (secondary N) is 1. The molecule has 3 N–H and O–H groups in total. The molecule has 6 heteroatoms. The predicted molar refractivity (Wildman–Crippen MR) is 76.9 cm³/mol. The van der Waals surface area contributed by atoms with E-state index >= 15 is 0 Å². The van der Waals surface area contributed by atoms with Crippen LogP contribution in [0.3, 0.4) is 0 Å². The second-order valence-corrected chi connectivity index (χ2v) is 7.74. The molecule has 1 atom stereocenters. The van der Waals surface area contributed by atoms with Crippen LogP contribution in [0.4, 0.5) is 0 Å². The van der Waals surface area contributed by atoms with E-state index in [0.717, 1.165) is 17.5 Å². The minimum Gasteiger partial charge on any atom is -0.349 e. The standard InChI is InChI=1S/C14H20N2O3S/c1-8-5-10(20(15,18)19)6-11(9(8)2)13(17)16-12-7-14(12,3)4/h5-6,12H,7H2,1-4H3,(H,16,17)(H2,15,18,19). The fraction of sp³-hybridized carbons (Fsp3) is 0.500. The summed E-state index contributed by atoms with van der Waals surface area (Å²) in [7, 11) is -3.81. The van der Waals surface area contributed by atoms with Crippen molar-refractivity contribution in [3.8, 4) is 0 Å². The first kappa shape index (κ1) is 15.0. The molecule has 0 aliphatic heterocycles. The van der Waals surface area contributed by atoms with Crippen LogP contribution < -0.4 is 10.5 Å². The summed E-state index contributed by atoms with van der Waals surface area (Å²) in [6.07, 6.45) is 0.936. The third-order valence-corrected chi connectivity index (χ3v) is 4.93. The number of carbonyl (C=O) groups is 1. The molecule has 5 nitrogen and oxygen atoms in total. The van der Waals surface area contributed by atoms with Gasteiger partial charge in [-0.05, 0) is 48.9 Å². The molecule has 1 aliphatic carbocycles. The summed E-state index contributed by atoms with van der Waals surface area (Å²) >= 11 is 0. The highest BCUT2D eigenvalue weighted by Crippen LogP contribution is 2.44. The highest BCUT2D eigenvalue weighted by molar-refractivity contribution is 7.89. The van der Waals surface area contributed by atoms with E-state index in [2.05, 4.69) is 19.2 Å². The first-order valence-corrected chi connectivity index (χ1v) is 8.02. The third kappa shape index (κ3) is 2.86. The zero-order chi connectivity index (χ0) is 15.3. The molecule has 0 radical (unpaired) electrons. The van der Waals surface area contributed by atoms with Crippen LogP contribution in [-0.2, 0) is 10.0 Å². The molecular formula is C14H20N2O3S. The van der Waals surface area contributed by atoms with Crippen LogP contribution in [0.15, 0.2) is 17.0 Å². The van der Waals surface area contributed by atoms with Crippen molar-refractivity contribution in [2.75, 3.05) is 0 Å². The van der Waals surface area contributed by atoms with Crippen LogP contribution in [0.1, 0.15) is 41.8 Å². The zero-order valence-electron chi connectivity index (χ0n) is 12.1. The lowest BCUT2D eigenvalue weighted by Crippen LogP contribution is -2.29. The van der Waals surface area contributed by atoms with Crippen LogP contribution in [0, 0.1) is 19.3 Å². The average molecular weight is 296 g/mol. The Labute approximate surface area is 119 Å². The first-order valence-electron chi connectivity index (χ1n) is 6.47. The van der Waals surface area contributed by atoms with Crippen LogP contribution >= 0.6 is 0 Å². The monoisotopic (exact) mass is 296 g/mol. The highest BCUT2D eigenvalue weighted by atomic mass is 32.2. The van der Waals surface area contributed by atoms with Gasteiger partial charge in [-0.2, -0.15) is 0 Å². The van der Waals surface area contributed by atoms with E-state index in [1.807, 2.05) is 0 Å². The molecule has 0 bridgehead atoms. The molecular weight excluding hydrogens is 276 g/mol. The molecule has 1 unspecified atom stereocenters. The SMILES string of the molecule is Cc1cc(S(N)(=O)=O)cc(C(=O)NC2CC2(C)C)c1C. The van der Waals surface area contributed by atoms with Crippen molar-refractivity contribution in [3.05, 3.63) is 28.8 Å². The summed E-state index contributed by atoms with van der Waals surface area (Å²) < 4.78 is 22.9. The van der Waals surface area contributed by atoms with Gasteiger partial charge in [0.2, 0.25) is 10.0 Å². The average Bonchev–Trinajstić information content (AvgIpc) is 2.87. The summed E-state index contributed by atoms with van der Waals surface area (Å²) in [4.78, 5) is 12.3. The Morgan fingerprint density at radius 1 is 1.35 bits per heavy atom. The quantitative estimate of drug-likeness (QED) is 0.885. The minimum absolute atomic E-state index is 0.0270. The van der Waals surface area contributed by atoms with Gasteiger partial charge < -0.3 is 5.32 Å². The first-order chi connectivity index (χ1) is 9.02. The number of rotatable bonds is 3. The second-order valence-electron chi connectivity index (χ2n) is 6.18. The van der Waals surface area contributed by atoms with Gasteiger partial charge in [0, 0.05) is 11.6 Å². The topological polar surface area (TPSA) is 89.3 Å². The Hall–Kier alpha value is -1.40. The number of aryl methyl sites for hydroxylation is 1. The van der Waals surface area contributed by atoms with E-state index in [1.54, 1.807) is 13.8 Å². The lowest BCUT2D eigenvalue weighted by atomic mass is 10.0. The van der Waals surface area contributed by atoms with Gasteiger partial charge in [-0.1, -0.05) is 13.8 Å². The minimum atomic E-state index is -3.81. The summed E-state index contributed by atoms with van der Waals surface area (Å²) in [6, 6.07) is 2.98. The van der Waals surface area contributed by atoms with Crippen molar-refractivity contribution in [1.82, 2.24) is 5.32 Å². The maximum absolute atomic E-state index is 12.3. The van der Waals surface area contributed by atoms with Crippen LogP contribution in [0.5, 0.6) is 0 Å². The van der Waals surface area contributed by atoms with Gasteiger partial charge in [-0.25, -0.2) is 13.6 Å². The fourth-order valence-corrected chi connectivity index (χ4v) is 2.80. The molecule has 0 saturated heterocycles. The summed E-state index contributed by atoms with van der Waals surface area (Å²) in [5, 5.41) is 8.07. The van der Waals surface area contributed by atoms with Gasteiger partial charge in [-0.3, -0.25) is 4.79 Å². The molecule has 0 spiro atoms. The van der Waals surface area contributed by atoms with Gasteiger partial charge in [-0.15, -0.1) is 0 Å². The molecule has 110 valence electrons. The second kappa shape index (κ2) is 4.56. The number of nitrogens with two attached hydrogens (primary N) is 1. The van der Waals surface area contributed by atoms with Crippen molar-refractivity contribution < 1.29 is 13.2 Å². The number of primary sulfonamides is 1. The molecule has 0 heterocycles. The predicted octanol–water partition coefficient (Wildman–Crippen LogP) is 1.48. The number of hydrogen-bond acceptors (Lipinski definition) is 3. The van der Waals surface area contributed by atoms with E-state index in [0.29, 0.717) is 5.56 Å². The molecule has 1 saturated carbocycles. The number of sulfonamides is 1. The maximum atomic E-state index is 12.3. The number of hydrogen-bond donors (Lipinski definition) is 2. The molecule has 1 fully saturated rings. The van der Waals surface area contributed by atoms with Crippen molar-refractivity contribution in [2.45, 2.75) is 45.1 Å². The van der Waals surface area contributed by atoms with Crippen LogP contribution in [0.2, 0.25) is 0 Å². The van der Waals surface area contributed by atoms with E-state index in [4.69, 9.17) is 5.14 Å². The van der Waals surface area contributed by atoms with Gasteiger partial charge in [0.1, 0.15) is 0 Å². The van der Waals surface area contributed by atoms with Crippen molar-refractivity contribution in [3.63, 3.8) is 0 Å². The van der Waals surface area contributed by atoms with Gasteiger partial charge >= 0.3 is 0 Å². The van der Waals surface area contributed by atoms with E-state index in [9.17, 15) is 13.2 Å². The molecule has 0 aromatic heterocycles. The van der Waals surface area contributed by atoms with Gasteiger partial charge in [0.05, 0.1) is 4.90 Å². The molecule has 1 aromatic rings. The summed E-state index contributed by atoms with van der Waals surface area (Å²) in [5.41, 5.74) is 2.00. The van der Waals surface area contributed by atoms with Gasteiger partial charge in [0.25, 0.3) is 5.91 Å². The Morgan fingerprint density at radius 2 is 1.90 bits per heavy atom. The molecule has 1 aromatic carbocycles. The summed E-state index contributed by atoms with van der Waals surface area (Å²) in [6.45, 7) is 7.73. The van der Waals surface area contributed by atoms with Crippen molar-refractivity contribution >= 4 is 15.9 Å². The summed E-state index contributed by atoms with van der Waals surface area (Å²) in [5.74, 6) is -0.244. The van der Waals surface area contributed by atoms with E-state index in [1.165, 1.54) is 12.1 Å². The molecule has 20 heavy (non-hydrogen) atoms. The number of carbonyl (C=O) groups excluding carboxylic acids is 1. The lowest BCUT2D eigenvalue weighted by molar-refractivity contribution is 0.0945. The Morgan fingerprint density at radius 3 is 2.35 bits per heavy atom. The molecule has 1 amide bonds. The normalized spacial score (nSPS) is 20.6. The smallest absolute Gasteiger partial charge is 0.251 e. The van der Waals surface area contributed by atoms with E-state index in [-0.39, 0.29) is 22.3 Å². The number of benzene rings is 1. The largest absolute Gasteiger partial charge is 0.349 e. The van der Waals surface area contributed by atoms with Crippen LogP contribution in [-0.4, -0.2) is 20.4 Å². The van der Waals surface area contributed by atoms with Crippen LogP contribution in [0.25, 0.3) is 0 Å². The number of amides is 1. The van der Waals surface area contributed by atoms with Gasteiger partial charge in [0.15, 0.2) is 0 Å². The van der Waals surface area contributed by atoms with Crippen molar-refractivity contribution in [2.24, 2.45) is 10.6 Å². The Balaban J connectivity index is 2.36. The third-order valence-electron chi connectivity index (χ3n) is 4.03. The Kier molecular flexibility index (Phi) is 3.42. The maximum Gasteiger partial charge on any atom is 0.251 e. The fourth-order valence-electron chi connectivity index (χ4n) is 2.18.